The third kappa shape index (κ3) is 5.25. The molecule has 3 aromatic rings. The van der Waals surface area contributed by atoms with Gasteiger partial charge >= 0.3 is 11.8 Å². The molecular formula is C22H20Cl2N4O3. The van der Waals surface area contributed by atoms with Gasteiger partial charge in [-0.3, -0.25) is 9.59 Å². The summed E-state index contributed by atoms with van der Waals surface area (Å²) >= 11 is 12.2. The van der Waals surface area contributed by atoms with Crippen LogP contribution in [0.4, 0.5) is 5.69 Å². The van der Waals surface area contributed by atoms with Crippen molar-refractivity contribution in [1.29, 1.82) is 0 Å². The average molecular weight is 459 g/mol. The van der Waals surface area contributed by atoms with E-state index in [-0.39, 0.29) is 0 Å². The van der Waals surface area contributed by atoms with E-state index in [0.717, 1.165) is 22.6 Å². The zero-order chi connectivity index (χ0) is 22.5. The van der Waals surface area contributed by atoms with Crippen molar-refractivity contribution in [1.82, 2.24) is 9.99 Å². The summed E-state index contributed by atoms with van der Waals surface area (Å²) in [6, 6.07) is 13.9. The Kier molecular flexibility index (Phi) is 6.99. The molecule has 9 heteroatoms. The quantitative estimate of drug-likeness (QED) is 0.335. The Balaban J connectivity index is 1.71. The van der Waals surface area contributed by atoms with E-state index in [4.69, 9.17) is 27.9 Å². The van der Waals surface area contributed by atoms with Crippen molar-refractivity contribution in [3.8, 4) is 11.4 Å². The van der Waals surface area contributed by atoms with Crippen LogP contribution in [0, 0.1) is 13.8 Å². The molecule has 0 unspecified atom stereocenters. The molecule has 3 rings (SSSR count). The Morgan fingerprint density at radius 3 is 2.39 bits per heavy atom. The summed E-state index contributed by atoms with van der Waals surface area (Å²) in [6.45, 7) is 3.83. The first-order chi connectivity index (χ1) is 14.8. The summed E-state index contributed by atoms with van der Waals surface area (Å²) < 4.78 is 7.12. The van der Waals surface area contributed by atoms with Crippen LogP contribution in [-0.2, 0) is 9.59 Å². The van der Waals surface area contributed by atoms with Gasteiger partial charge in [-0.2, -0.15) is 5.10 Å². The zero-order valence-corrected chi connectivity index (χ0v) is 18.6. The van der Waals surface area contributed by atoms with E-state index in [9.17, 15) is 9.59 Å². The van der Waals surface area contributed by atoms with Crippen LogP contribution in [0.2, 0.25) is 10.0 Å². The van der Waals surface area contributed by atoms with Crippen LogP contribution in [0.1, 0.15) is 17.0 Å². The van der Waals surface area contributed by atoms with Crippen molar-refractivity contribution in [2.24, 2.45) is 5.10 Å². The fraction of sp³-hybridized carbons (Fsp3) is 0.136. The van der Waals surface area contributed by atoms with Gasteiger partial charge in [-0.25, -0.2) is 5.43 Å². The van der Waals surface area contributed by atoms with Crippen LogP contribution in [0.15, 0.2) is 53.6 Å². The number of hydrazone groups is 1. The number of carbonyl (C=O) groups excluding carboxylic acids is 2. The topological polar surface area (TPSA) is 84.7 Å². The largest absolute Gasteiger partial charge is 0.495 e. The second-order valence-corrected chi connectivity index (χ2v) is 7.52. The zero-order valence-electron chi connectivity index (χ0n) is 17.1. The van der Waals surface area contributed by atoms with E-state index in [1.54, 1.807) is 42.5 Å². The number of ether oxygens (including phenoxy) is 1. The van der Waals surface area contributed by atoms with Crippen molar-refractivity contribution >= 4 is 46.9 Å². The van der Waals surface area contributed by atoms with Crippen molar-refractivity contribution in [2.75, 3.05) is 12.4 Å². The predicted octanol–water partition coefficient (Wildman–Crippen LogP) is 4.50. The lowest BCUT2D eigenvalue weighted by Gasteiger charge is -2.10. The number of hydrogen-bond acceptors (Lipinski definition) is 4. The molecule has 0 saturated heterocycles. The predicted molar refractivity (Wildman–Crippen MR) is 123 cm³/mol. The summed E-state index contributed by atoms with van der Waals surface area (Å²) in [4.78, 5) is 24.2. The highest BCUT2D eigenvalue weighted by Gasteiger charge is 2.15. The Morgan fingerprint density at radius 1 is 1.03 bits per heavy atom. The lowest BCUT2D eigenvalue weighted by molar-refractivity contribution is -0.136. The second-order valence-electron chi connectivity index (χ2n) is 6.64. The number of halogens is 2. The van der Waals surface area contributed by atoms with Gasteiger partial charge in [-0.15, -0.1) is 0 Å². The minimum absolute atomic E-state index is 0.387. The van der Waals surface area contributed by atoms with Gasteiger partial charge in [0.1, 0.15) is 5.75 Å². The highest BCUT2D eigenvalue weighted by molar-refractivity contribution is 6.39. The van der Waals surface area contributed by atoms with Gasteiger partial charge in [-0.1, -0.05) is 35.3 Å². The van der Waals surface area contributed by atoms with Crippen LogP contribution in [0.25, 0.3) is 5.69 Å². The van der Waals surface area contributed by atoms with Crippen molar-refractivity contribution < 1.29 is 14.3 Å². The number of rotatable bonds is 5. The Labute approximate surface area is 189 Å². The monoisotopic (exact) mass is 458 g/mol. The molecule has 0 saturated carbocycles. The third-order valence-corrected chi connectivity index (χ3v) is 4.94. The number of nitrogens with one attached hydrogen (secondary N) is 2. The van der Waals surface area contributed by atoms with Gasteiger partial charge in [0.2, 0.25) is 0 Å². The molecule has 2 amide bonds. The number of anilines is 1. The van der Waals surface area contributed by atoms with E-state index in [0.29, 0.717) is 21.5 Å². The summed E-state index contributed by atoms with van der Waals surface area (Å²) in [7, 11) is 1.48. The van der Waals surface area contributed by atoms with Crippen LogP contribution < -0.4 is 15.5 Å². The Hall–Kier alpha value is -3.29. The van der Waals surface area contributed by atoms with Gasteiger partial charge in [0.15, 0.2) is 0 Å². The number of methoxy groups -OCH3 is 1. The normalized spacial score (nSPS) is 10.9. The Bertz CT molecular complexity index is 1150. The summed E-state index contributed by atoms with van der Waals surface area (Å²) in [5.74, 6) is -1.32. The van der Waals surface area contributed by atoms with Crippen LogP contribution in [0.3, 0.4) is 0 Å². The molecular weight excluding hydrogens is 439 g/mol. The van der Waals surface area contributed by atoms with Gasteiger partial charge < -0.3 is 14.6 Å². The smallest absolute Gasteiger partial charge is 0.329 e. The van der Waals surface area contributed by atoms with E-state index >= 15 is 0 Å². The minimum atomic E-state index is -0.905. The number of nitrogens with zero attached hydrogens (tertiary/aromatic N) is 2. The molecule has 0 spiro atoms. The SMILES string of the molecule is COc1ccccc1NC(=O)C(=O)N/N=C\c1cc(C)n(-c2cc(Cl)cc(Cl)c2)c1C. The molecule has 2 aromatic carbocycles. The standard InChI is InChI=1S/C22H20Cl2N4O3/c1-13-8-15(14(2)28(13)18-10-16(23)9-17(24)11-18)12-25-27-22(30)21(29)26-19-6-4-5-7-20(19)31-3/h4-12H,1-3H3,(H,26,29)(H,27,30)/b25-12-. The lowest BCUT2D eigenvalue weighted by Crippen LogP contribution is -2.32. The molecule has 0 radical (unpaired) electrons. The lowest BCUT2D eigenvalue weighted by atomic mass is 10.2. The van der Waals surface area contributed by atoms with Crippen LogP contribution in [-0.4, -0.2) is 29.7 Å². The van der Waals surface area contributed by atoms with E-state index in [1.165, 1.54) is 13.3 Å². The molecule has 7 nitrogen and oxygen atoms in total. The molecule has 160 valence electrons. The number of aromatic nitrogens is 1. The summed E-state index contributed by atoms with van der Waals surface area (Å²) in [5, 5.41) is 7.45. The van der Waals surface area contributed by atoms with E-state index in [2.05, 4.69) is 15.8 Å². The molecule has 0 atom stereocenters. The maximum Gasteiger partial charge on any atom is 0.329 e. The number of para-hydroxylation sites is 2. The minimum Gasteiger partial charge on any atom is -0.495 e. The third-order valence-electron chi connectivity index (χ3n) is 4.51. The highest BCUT2D eigenvalue weighted by Crippen LogP contribution is 2.26. The maximum absolute atomic E-state index is 12.1. The fourth-order valence-electron chi connectivity index (χ4n) is 3.12. The summed E-state index contributed by atoms with van der Waals surface area (Å²) in [6.07, 6.45) is 1.47. The number of amides is 2. The molecule has 1 heterocycles. The van der Waals surface area contributed by atoms with E-state index in [1.807, 2.05) is 24.5 Å². The van der Waals surface area contributed by atoms with Crippen molar-refractivity contribution in [2.45, 2.75) is 13.8 Å². The van der Waals surface area contributed by atoms with Crippen LogP contribution in [0.5, 0.6) is 5.75 Å². The van der Waals surface area contributed by atoms with Gasteiger partial charge in [0, 0.05) is 32.7 Å². The molecule has 0 aliphatic rings. The molecule has 0 aliphatic heterocycles. The number of benzene rings is 2. The molecule has 2 N–H and O–H groups in total. The van der Waals surface area contributed by atoms with E-state index < -0.39 is 11.8 Å². The second kappa shape index (κ2) is 9.68. The van der Waals surface area contributed by atoms with Crippen LogP contribution >= 0.6 is 23.2 Å². The Morgan fingerprint density at radius 2 is 1.71 bits per heavy atom. The highest BCUT2D eigenvalue weighted by atomic mass is 35.5. The van der Waals surface area contributed by atoms with Gasteiger partial charge in [0.05, 0.1) is 19.0 Å². The fourth-order valence-corrected chi connectivity index (χ4v) is 3.64. The van der Waals surface area contributed by atoms with Crippen molar-refractivity contribution in [3.63, 3.8) is 0 Å². The number of carbonyl (C=O) groups is 2. The first-order valence-electron chi connectivity index (χ1n) is 9.23. The van der Waals surface area contributed by atoms with Crippen molar-refractivity contribution in [3.05, 3.63) is 75.5 Å². The molecule has 31 heavy (non-hydrogen) atoms. The number of aryl methyl sites for hydroxylation is 1. The molecule has 0 bridgehead atoms. The van der Waals surface area contributed by atoms with Gasteiger partial charge in [-0.05, 0) is 50.2 Å². The number of hydrogen-bond donors (Lipinski definition) is 2. The van der Waals surface area contributed by atoms with Gasteiger partial charge in [0.25, 0.3) is 0 Å². The molecule has 1 aromatic heterocycles. The molecule has 0 aliphatic carbocycles. The first-order valence-corrected chi connectivity index (χ1v) is 9.98. The maximum atomic E-state index is 12.1. The first kappa shape index (κ1) is 22.4. The average Bonchev–Trinajstić information content (AvgIpc) is 3.00. The molecule has 0 fully saturated rings. The summed E-state index contributed by atoms with van der Waals surface area (Å²) in [5.41, 5.74) is 5.99.